The Hall–Kier alpha value is -1.18. The molecule has 0 spiro atoms. The van der Waals surface area contributed by atoms with E-state index in [2.05, 4.69) is 26.8 Å². The number of fused-ring (bicyclic) bond motifs is 7. The molecule has 5 heterocycles. The van der Waals surface area contributed by atoms with E-state index in [9.17, 15) is 71.5 Å². The molecule has 0 aromatic rings. The molecule has 9 aliphatic rings. The standard InChI is InChI=1S/C51H84O23/c1-20(19-66-45-40(62)38(60)34(56)29(16-52)69-45)8-13-51(65)21(2)32-28(74-51)15-27-25-7-6-23-14-24(9-11-49(23,4)26(25)10-12-50(27,32)5)68-48-44(73-46-41(63)37(59)33(55)22(3)67-46)43(36(58)31(18-54)71-48)72-47-42(64)39(61)35(57)30(17-53)70-47/h6,20-22,24-48,52-65H,7-19H2,1-5H3/t20-,21?,22+,24+,25?,26?,27?,28?,29-,30-,31-,32?,33+,34-,35-,36-,37-,38+,39+,40-,41-,42-,43+,44-,45-,46+,47+,48-,49+,50+,51?/m1/s1. The van der Waals surface area contributed by atoms with Gasteiger partial charge in [-0.2, -0.15) is 0 Å². The molecular weight excluding hydrogens is 981 g/mol. The molecule has 31 atom stereocenters. The number of ether oxygens (including phenoxy) is 9. The SMILES string of the molecule is CC1C2C(CC3C4CC=C5C[C@@H](O[C@@H]6O[C@H](CO)[C@@H](O)[C@H](O[C@@H]7O[C@H](CO)[C@@H](O)[C@H](O)[C@H]7O)[C@H]6O[C@@H]6O[C@@H](C)[C@H](O)[C@@H](O)[C@H]6O)CC[C@]5(C)C4CC[C@@]32C)OC1(O)CC[C@@H](C)CO[C@@H]1O[C@H](CO)[C@@H](O)[C@H](O)[C@H]1O. The molecule has 14 N–H and O–H groups in total. The van der Waals surface area contributed by atoms with E-state index in [4.69, 9.17) is 42.6 Å². The van der Waals surface area contributed by atoms with Crippen molar-refractivity contribution in [1.29, 1.82) is 0 Å². The van der Waals surface area contributed by atoms with Crippen molar-refractivity contribution in [3.05, 3.63) is 11.6 Å². The van der Waals surface area contributed by atoms with Crippen molar-refractivity contribution in [2.24, 2.45) is 46.3 Å². The maximum absolute atomic E-state index is 12.1. The summed E-state index contributed by atoms with van der Waals surface area (Å²) in [6, 6.07) is 0. The molecule has 0 amide bonds. The van der Waals surface area contributed by atoms with Gasteiger partial charge in [0.1, 0.15) is 91.6 Å². The van der Waals surface area contributed by atoms with E-state index >= 15 is 0 Å². The Bertz CT molecular complexity index is 1920. The molecule has 23 nitrogen and oxygen atoms in total. The maximum Gasteiger partial charge on any atom is 0.187 e. The highest BCUT2D eigenvalue weighted by molar-refractivity contribution is 5.26. The molecule has 0 radical (unpaired) electrons. The monoisotopic (exact) mass is 1060 g/mol. The van der Waals surface area contributed by atoms with E-state index < -0.39 is 155 Å². The summed E-state index contributed by atoms with van der Waals surface area (Å²) < 4.78 is 54.7. The quantitative estimate of drug-likeness (QED) is 0.0727. The van der Waals surface area contributed by atoms with Gasteiger partial charge in [-0.05, 0) is 98.7 Å². The molecule has 4 aliphatic carbocycles. The van der Waals surface area contributed by atoms with Crippen molar-refractivity contribution >= 4 is 0 Å². The largest absolute Gasteiger partial charge is 0.394 e. The summed E-state index contributed by atoms with van der Waals surface area (Å²) in [4.78, 5) is 0. The Balaban J connectivity index is 0.864. The van der Waals surface area contributed by atoms with Crippen LogP contribution < -0.4 is 0 Å². The summed E-state index contributed by atoms with van der Waals surface area (Å²) in [6.07, 6.45) is -22.5. The van der Waals surface area contributed by atoms with Crippen molar-refractivity contribution in [1.82, 2.24) is 0 Å². The molecule has 426 valence electrons. The van der Waals surface area contributed by atoms with E-state index in [-0.39, 0.29) is 41.3 Å². The third-order valence-corrected chi connectivity index (χ3v) is 19.5. The van der Waals surface area contributed by atoms with Gasteiger partial charge in [0.15, 0.2) is 30.9 Å². The minimum absolute atomic E-state index is 0.0769. The van der Waals surface area contributed by atoms with Crippen LogP contribution in [0.2, 0.25) is 0 Å². The average Bonchev–Trinajstić information content (AvgIpc) is 3.82. The molecule has 74 heavy (non-hydrogen) atoms. The molecular formula is C51H84O23. The van der Waals surface area contributed by atoms with Gasteiger partial charge in [-0.15, -0.1) is 0 Å². The van der Waals surface area contributed by atoms with E-state index in [1.165, 1.54) is 12.5 Å². The van der Waals surface area contributed by atoms with Crippen LogP contribution in [-0.2, 0) is 42.6 Å². The van der Waals surface area contributed by atoms with Gasteiger partial charge in [0.05, 0.1) is 44.7 Å². The van der Waals surface area contributed by atoms with E-state index in [1.807, 2.05) is 6.92 Å². The third-order valence-electron chi connectivity index (χ3n) is 19.5. The summed E-state index contributed by atoms with van der Waals surface area (Å²) in [5, 5.41) is 149. The molecule has 0 bridgehead atoms. The fourth-order valence-corrected chi connectivity index (χ4v) is 15.0. The number of hydrogen-bond acceptors (Lipinski definition) is 23. The summed E-state index contributed by atoms with van der Waals surface area (Å²) >= 11 is 0. The fourth-order valence-electron chi connectivity index (χ4n) is 15.0. The highest BCUT2D eigenvalue weighted by atomic mass is 16.8. The first-order valence-electron chi connectivity index (χ1n) is 26.9. The predicted octanol–water partition coefficient (Wildman–Crippen LogP) is -3.01. The van der Waals surface area contributed by atoms with Crippen LogP contribution in [-0.4, -0.2) is 239 Å². The van der Waals surface area contributed by atoms with E-state index in [1.54, 1.807) is 0 Å². The number of rotatable bonds is 15. The number of aliphatic hydroxyl groups is 14. The lowest BCUT2D eigenvalue weighted by molar-refractivity contribution is -0.394. The van der Waals surface area contributed by atoms with Crippen molar-refractivity contribution in [3.8, 4) is 0 Å². The van der Waals surface area contributed by atoms with Gasteiger partial charge in [-0.1, -0.05) is 39.3 Å². The Morgan fingerprint density at radius 3 is 1.85 bits per heavy atom. The first-order chi connectivity index (χ1) is 35.0. The molecule has 3 saturated carbocycles. The first-order valence-corrected chi connectivity index (χ1v) is 26.9. The smallest absolute Gasteiger partial charge is 0.187 e. The van der Waals surface area contributed by atoms with Gasteiger partial charge in [-0.25, -0.2) is 0 Å². The van der Waals surface area contributed by atoms with Gasteiger partial charge < -0.3 is 114 Å². The second-order valence-corrected chi connectivity index (χ2v) is 23.8. The van der Waals surface area contributed by atoms with Crippen LogP contribution in [0, 0.1) is 46.3 Å². The molecule has 0 aromatic heterocycles. The van der Waals surface area contributed by atoms with Crippen molar-refractivity contribution < 1.29 is 114 Å². The van der Waals surface area contributed by atoms with Crippen LogP contribution in [0.1, 0.15) is 92.4 Å². The Morgan fingerprint density at radius 2 is 1.20 bits per heavy atom. The number of allylic oxidation sites excluding steroid dienone is 1. The average molecular weight is 1070 g/mol. The normalized spacial score (nSPS) is 54.9. The molecule has 5 aliphatic heterocycles. The summed E-state index contributed by atoms with van der Waals surface area (Å²) in [5.74, 6) is -0.351. The second-order valence-electron chi connectivity index (χ2n) is 23.8. The molecule has 9 rings (SSSR count). The third kappa shape index (κ3) is 10.2. The van der Waals surface area contributed by atoms with Crippen molar-refractivity contribution in [2.45, 2.75) is 233 Å². The summed E-state index contributed by atoms with van der Waals surface area (Å²) in [5.41, 5.74) is 0.989. The zero-order valence-electron chi connectivity index (χ0n) is 42.9. The highest BCUT2D eigenvalue weighted by Gasteiger charge is 2.68. The second kappa shape index (κ2) is 22.4. The molecule has 8 fully saturated rings. The lowest BCUT2D eigenvalue weighted by Gasteiger charge is -2.58. The van der Waals surface area contributed by atoms with Crippen molar-refractivity contribution in [2.75, 3.05) is 26.4 Å². The number of aliphatic hydroxyl groups excluding tert-OH is 13. The molecule has 7 unspecified atom stereocenters. The van der Waals surface area contributed by atoms with Gasteiger partial charge in [0.2, 0.25) is 0 Å². The predicted molar refractivity (Wildman–Crippen MR) is 250 cm³/mol. The minimum Gasteiger partial charge on any atom is -0.394 e. The van der Waals surface area contributed by atoms with Crippen LogP contribution in [0.4, 0.5) is 0 Å². The zero-order chi connectivity index (χ0) is 53.5. The van der Waals surface area contributed by atoms with E-state index in [0.717, 1.165) is 32.1 Å². The maximum atomic E-state index is 12.1. The Kier molecular flexibility index (Phi) is 17.4. The van der Waals surface area contributed by atoms with Gasteiger partial charge in [-0.3, -0.25) is 0 Å². The van der Waals surface area contributed by atoms with Crippen LogP contribution >= 0.6 is 0 Å². The number of hydrogen-bond donors (Lipinski definition) is 14. The Labute approximate surface area is 430 Å². The summed E-state index contributed by atoms with van der Waals surface area (Å²) in [7, 11) is 0. The molecule has 23 heteroatoms. The Morgan fingerprint density at radius 1 is 0.635 bits per heavy atom. The highest BCUT2D eigenvalue weighted by Crippen LogP contribution is 2.70. The van der Waals surface area contributed by atoms with Crippen LogP contribution in [0.15, 0.2) is 11.6 Å². The summed E-state index contributed by atoms with van der Waals surface area (Å²) in [6.45, 7) is 8.33. The molecule has 5 saturated heterocycles. The van der Waals surface area contributed by atoms with E-state index in [0.29, 0.717) is 43.4 Å². The topological polar surface area (TPSA) is 366 Å². The minimum atomic E-state index is -1.88. The van der Waals surface area contributed by atoms with Gasteiger partial charge >= 0.3 is 0 Å². The van der Waals surface area contributed by atoms with Crippen LogP contribution in [0.5, 0.6) is 0 Å². The van der Waals surface area contributed by atoms with Gasteiger partial charge in [0, 0.05) is 12.3 Å². The van der Waals surface area contributed by atoms with Gasteiger partial charge in [0.25, 0.3) is 0 Å². The van der Waals surface area contributed by atoms with Crippen LogP contribution in [0.25, 0.3) is 0 Å². The lowest BCUT2D eigenvalue weighted by atomic mass is 9.47. The lowest BCUT2D eigenvalue weighted by Crippen LogP contribution is -2.67. The zero-order valence-corrected chi connectivity index (χ0v) is 42.9. The van der Waals surface area contributed by atoms with Crippen LogP contribution in [0.3, 0.4) is 0 Å². The first kappa shape index (κ1) is 57.5. The fraction of sp³-hybridized carbons (Fsp3) is 0.961. The molecule has 0 aromatic carbocycles. The van der Waals surface area contributed by atoms with Crippen molar-refractivity contribution in [3.63, 3.8) is 0 Å².